The molecule has 3 aromatic rings. The van der Waals surface area contributed by atoms with E-state index in [2.05, 4.69) is 0 Å². The minimum Gasteiger partial charge on any atom is -0.497 e. The SMILES string of the molecule is COc1ccc(N2C(=O)c3ccccc3[C@@H](C(=O)O)[C@H]2c2ccccc2)cc1. The molecular formula is C23H19NO4. The molecule has 0 radical (unpaired) electrons. The fourth-order valence-corrected chi connectivity index (χ4v) is 3.82. The third-order valence-electron chi connectivity index (χ3n) is 5.10. The second kappa shape index (κ2) is 7.19. The van der Waals surface area contributed by atoms with E-state index in [1.165, 1.54) is 0 Å². The molecule has 4 rings (SSSR count). The number of fused-ring (bicyclic) bond motifs is 1. The van der Waals surface area contributed by atoms with Gasteiger partial charge in [-0.25, -0.2) is 0 Å². The summed E-state index contributed by atoms with van der Waals surface area (Å²) in [6.07, 6.45) is 0. The number of carbonyl (C=O) groups excluding carboxylic acids is 1. The lowest BCUT2D eigenvalue weighted by atomic mass is 9.79. The molecule has 5 heteroatoms. The van der Waals surface area contributed by atoms with Crippen molar-refractivity contribution >= 4 is 17.6 Å². The monoisotopic (exact) mass is 373 g/mol. The van der Waals surface area contributed by atoms with E-state index in [1.54, 1.807) is 60.5 Å². The van der Waals surface area contributed by atoms with Gasteiger partial charge in [0, 0.05) is 11.3 Å². The molecule has 0 fully saturated rings. The molecule has 0 saturated heterocycles. The van der Waals surface area contributed by atoms with Crippen LogP contribution in [-0.4, -0.2) is 24.1 Å². The van der Waals surface area contributed by atoms with E-state index in [0.717, 1.165) is 5.56 Å². The zero-order valence-corrected chi connectivity index (χ0v) is 15.3. The van der Waals surface area contributed by atoms with Crippen LogP contribution in [0.2, 0.25) is 0 Å². The molecule has 1 N–H and O–H groups in total. The molecule has 1 aliphatic rings. The van der Waals surface area contributed by atoms with Crippen LogP contribution in [0, 0.1) is 0 Å². The second-order valence-electron chi connectivity index (χ2n) is 6.63. The molecule has 3 aromatic carbocycles. The van der Waals surface area contributed by atoms with Crippen LogP contribution in [0.5, 0.6) is 5.75 Å². The lowest BCUT2D eigenvalue weighted by Crippen LogP contribution is -2.45. The van der Waals surface area contributed by atoms with Gasteiger partial charge in [0.25, 0.3) is 5.91 Å². The number of aliphatic carboxylic acids is 1. The maximum absolute atomic E-state index is 13.4. The Morgan fingerprint density at radius 1 is 0.929 bits per heavy atom. The van der Waals surface area contributed by atoms with Crippen molar-refractivity contribution in [3.05, 3.63) is 95.6 Å². The Bertz CT molecular complexity index is 1010. The molecule has 1 heterocycles. The summed E-state index contributed by atoms with van der Waals surface area (Å²) in [6, 6.07) is 22.7. The normalized spacial score (nSPS) is 18.5. The Kier molecular flexibility index (Phi) is 4.57. The molecular weight excluding hydrogens is 354 g/mol. The number of amides is 1. The number of anilines is 1. The Balaban J connectivity index is 1.95. The molecule has 0 saturated carbocycles. The zero-order valence-electron chi connectivity index (χ0n) is 15.3. The number of methoxy groups -OCH3 is 1. The molecule has 0 unspecified atom stereocenters. The van der Waals surface area contributed by atoms with Gasteiger partial charge in [-0.3, -0.25) is 14.5 Å². The average molecular weight is 373 g/mol. The van der Waals surface area contributed by atoms with Gasteiger partial charge in [0.1, 0.15) is 11.7 Å². The number of ether oxygens (including phenoxy) is 1. The Labute approximate surface area is 162 Å². The fourth-order valence-electron chi connectivity index (χ4n) is 3.82. The van der Waals surface area contributed by atoms with E-state index in [-0.39, 0.29) is 5.91 Å². The summed E-state index contributed by atoms with van der Waals surface area (Å²) in [4.78, 5) is 27.3. The van der Waals surface area contributed by atoms with E-state index < -0.39 is 17.9 Å². The highest BCUT2D eigenvalue weighted by molar-refractivity contribution is 6.11. The Morgan fingerprint density at radius 3 is 2.21 bits per heavy atom. The Hall–Kier alpha value is -3.60. The number of carbonyl (C=O) groups is 2. The van der Waals surface area contributed by atoms with Crippen molar-refractivity contribution in [2.24, 2.45) is 0 Å². The molecule has 0 aliphatic carbocycles. The van der Waals surface area contributed by atoms with E-state index >= 15 is 0 Å². The van der Waals surface area contributed by atoms with E-state index in [1.807, 2.05) is 30.3 Å². The molecule has 1 amide bonds. The van der Waals surface area contributed by atoms with Gasteiger partial charge < -0.3 is 9.84 Å². The van der Waals surface area contributed by atoms with Crippen molar-refractivity contribution in [2.75, 3.05) is 12.0 Å². The minimum absolute atomic E-state index is 0.216. The summed E-state index contributed by atoms with van der Waals surface area (Å²) in [5, 5.41) is 10.1. The third-order valence-corrected chi connectivity index (χ3v) is 5.10. The maximum Gasteiger partial charge on any atom is 0.313 e. The topological polar surface area (TPSA) is 66.8 Å². The van der Waals surface area contributed by atoms with Crippen LogP contribution in [0.4, 0.5) is 5.69 Å². The largest absolute Gasteiger partial charge is 0.497 e. The van der Waals surface area contributed by atoms with Crippen molar-refractivity contribution in [1.82, 2.24) is 0 Å². The second-order valence-corrected chi connectivity index (χ2v) is 6.63. The molecule has 0 bridgehead atoms. The van der Waals surface area contributed by atoms with Crippen molar-refractivity contribution in [1.29, 1.82) is 0 Å². The number of hydrogen-bond donors (Lipinski definition) is 1. The van der Waals surface area contributed by atoms with Crippen molar-refractivity contribution in [2.45, 2.75) is 12.0 Å². The van der Waals surface area contributed by atoms with Crippen molar-refractivity contribution in [3.63, 3.8) is 0 Å². The molecule has 140 valence electrons. The molecule has 5 nitrogen and oxygen atoms in total. The molecule has 2 atom stereocenters. The van der Waals surface area contributed by atoms with Gasteiger partial charge in [0.05, 0.1) is 13.2 Å². The number of rotatable bonds is 4. The lowest BCUT2D eigenvalue weighted by Gasteiger charge is -2.40. The standard InChI is InChI=1S/C23H19NO4/c1-28-17-13-11-16(12-14-17)24-21(15-7-3-2-4-8-15)20(23(26)27)18-9-5-6-10-19(18)22(24)25/h2-14,20-21H,1H3,(H,26,27)/t20-,21-/m1/s1. The van der Waals surface area contributed by atoms with Crippen LogP contribution < -0.4 is 9.64 Å². The van der Waals surface area contributed by atoms with E-state index in [4.69, 9.17) is 4.74 Å². The van der Waals surface area contributed by atoms with Crippen LogP contribution in [0.15, 0.2) is 78.9 Å². The lowest BCUT2D eigenvalue weighted by molar-refractivity contribution is -0.139. The first-order valence-electron chi connectivity index (χ1n) is 8.96. The first-order valence-corrected chi connectivity index (χ1v) is 8.96. The van der Waals surface area contributed by atoms with Gasteiger partial charge in [-0.1, -0.05) is 48.5 Å². The van der Waals surface area contributed by atoms with Crippen LogP contribution in [0.25, 0.3) is 0 Å². The number of hydrogen-bond acceptors (Lipinski definition) is 3. The summed E-state index contributed by atoms with van der Waals surface area (Å²) >= 11 is 0. The third kappa shape index (κ3) is 2.91. The fraction of sp³-hybridized carbons (Fsp3) is 0.130. The van der Waals surface area contributed by atoms with Crippen molar-refractivity contribution in [3.8, 4) is 5.75 Å². The zero-order chi connectivity index (χ0) is 19.7. The van der Waals surface area contributed by atoms with Gasteiger partial charge in [0.15, 0.2) is 0 Å². The predicted octanol–water partition coefficient (Wildman–Crippen LogP) is 4.27. The molecule has 1 aliphatic heterocycles. The molecule has 28 heavy (non-hydrogen) atoms. The summed E-state index contributed by atoms with van der Waals surface area (Å²) in [5.41, 5.74) is 2.35. The minimum atomic E-state index is -0.965. The maximum atomic E-state index is 13.4. The van der Waals surface area contributed by atoms with Crippen LogP contribution in [-0.2, 0) is 4.79 Å². The summed E-state index contributed by atoms with van der Waals surface area (Å²) < 4.78 is 5.21. The summed E-state index contributed by atoms with van der Waals surface area (Å²) in [5.74, 6) is -1.39. The number of carboxylic acids is 1. The quantitative estimate of drug-likeness (QED) is 0.742. The molecule has 0 spiro atoms. The van der Waals surface area contributed by atoms with Crippen LogP contribution in [0.3, 0.4) is 0 Å². The van der Waals surface area contributed by atoms with Crippen LogP contribution in [0.1, 0.15) is 33.4 Å². The van der Waals surface area contributed by atoms with Gasteiger partial charge in [-0.2, -0.15) is 0 Å². The number of carboxylic acid groups (broad SMARTS) is 1. The van der Waals surface area contributed by atoms with Gasteiger partial charge in [-0.15, -0.1) is 0 Å². The van der Waals surface area contributed by atoms with Gasteiger partial charge in [0.2, 0.25) is 0 Å². The highest BCUT2D eigenvalue weighted by Gasteiger charge is 2.44. The first-order chi connectivity index (χ1) is 13.6. The smallest absolute Gasteiger partial charge is 0.313 e. The highest BCUT2D eigenvalue weighted by Crippen LogP contribution is 2.45. The van der Waals surface area contributed by atoms with E-state index in [9.17, 15) is 14.7 Å². The summed E-state index contributed by atoms with van der Waals surface area (Å²) in [7, 11) is 1.57. The van der Waals surface area contributed by atoms with E-state index in [0.29, 0.717) is 22.6 Å². The average Bonchev–Trinajstić information content (AvgIpc) is 2.74. The number of nitrogens with zero attached hydrogens (tertiary/aromatic N) is 1. The molecule has 0 aromatic heterocycles. The Morgan fingerprint density at radius 2 is 1.57 bits per heavy atom. The first kappa shape index (κ1) is 17.8. The highest BCUT2D eigenvalue weighted by atomic mass is 16.5. The van der Waals surface area contributed by atoms with Crippen LogP contribution >= 0.6 is 0 Å². The van der Waals surface area contributed by atoms with Gasteiger partial charge >= 0.3 is 5.97 Å². The predicted molar refractivity (Wildman–Crippen MR) is 106 cm³/mol. The number of benzene rings is 3. The summed E-state index contributed by atoms with van der Waals surface area (Å²) in [6.45, 7) is 0. The van der Waals surface area contributed by atoms with Gasteiger partial charge in [-0.05, 0) is 41.5 Å². The van der Waals surface area contributed by atoms with Crippen molar-refractivity contribution < 1.29 is 19.4 Å².